The third-order valence-corrected chi connectivity index (χ3v) is 9.21. The van der Waals surface area contributed by atoms with Crippen molar-refractivity contribution in [2.45, 2.75) is 56.6 Å². The first kappa shape index (κ1) is 28.3. The van der Waals surface area contributed by atoms with Crippen LogP contribution in [0.4, 0.5) is 20.3 Å². The molecular formula is C30H32F2N6O3S. The van der Waals surface area contributed by atoms with Gasteiger partial charge in [0.1, 0.15) is 28.0 Å². The minimum atomic E-state index is -4.37. The van der Waals surface area contributed by atoms with E-state index in [-0.39, 0.29) is 11.5 Å². The molecule has 0 spiro atoms. The van der Waals surface area contributed by atoms with Crippen molar-refractivity contribution < 1.29 is 21.9 Å². The fourth-order valence-electron chi connectivity index (χ4n) is 5.56. The minimum absolute atomic E-state index is 0.268. The Kier molecular flexibility index (Phi) is 7.46. The number of aromatic nitrogens is 3. The molecule has 220 valence electrons. The Labute approximate surface area is 242 Å². The van der Waals surface area contributed by atoms with Gasteiger partial charge in [-0.05, 0) is 68.5 Å². The number of fused-ring (bicyclic) bond motifs is 1. The Morgan fingerprint density at radius 1 is 1.12 bits per heavy atom. The van der Waals surface area contributed by atoms with Crippen LogP contribution in [0.2, 0.25) is 0 Å². The first-order valence-corrected chi connectivity index (χ1v) is 15.4. The number of anilines is 2. The van der Waals surface area contributed by atoms with E-state index in [4.69, 9.17) is 15.6 Å². The smallest absolute Gasteiger partial charge is 0.264 e. The van der Waals surface area contributed by atoms with Gasteiger partial charge in [0.2, 0.25) is 0 Å². The zero-order chi connectivity index (χ0) is 29.6. The van der Waals surface area contributed by atoms with Crippen LogP contribution < -0.4 is 15.8 Å². The minimum Gasteiger partial charge on any atom is -0.383 e. The molecule has 12 heteroatoms. The van der Waals surface area contributed by atoms with Crippen LogP contribution in [0.3, 0.4) is 0 Å². The highest BCUT2D eigenvalue weighted by Crippen LogP contribution is 2.39. The van der Waals surface area contributed by atoms with Gasteiger partial charge in [0.25, 0.3) is 10.0 Å². The number of allylic oxidation sites excluding steroid dienone is 1. The molecule has 0 radical (unpaired) electrons. The maximum atomic E-state index is 15.4. The van der Waals surface area contributed by atoms with E-state index in [1.54, 1.807) is 19.2 Å². The van der Waals surface area contributed by atoms with E-state index in [1.165, 1.54) is 24.3 Å². The number of aryl methyl sites for hydroxylation is 2. The number of nitrogens with one attached hydrogen (secondary N) is 2. The second kappa shape index (κ2) is 11.1. The first-order valence-electron chi connectivity index (χ1n) is 13.9. The Balaban J connectivity index is 1.33. The number of ether oxygens (including phenoxy) is 1. The van der Waals surface area contributed by atoms with Gasteiger partial charge in [0, 0.05) is 29.9 Å². The van der Waals surface area contributed by atoms with Gasteiger partial charge in [-0.15, -0.1) is 0 Å². The molecule has 0 unspecified atom stereocenters. The average molecular weight is 595 g/mol. The molecule has 2 aliphatic rings. The molecule has 1 saturated heterocycles. The number of halogens is 2. The molecule has 0 amide bonds. The second-order valence-corrected chi connectivity index (χ2v) is 12.4. The zero-order valence-corrected chi connectivity index (χ0v) is 24.1. The van der Waals surface area contributed by atoms with Gasteiger partial charge in [-0.25, -0.2) is 22.2 Å². The number of hydrogen-bond donors (Lipinski definition) is 3. The topological polar surface area (TPSA) is 124 Å². The first-order chi connectivity index (χ1) is 20.1. The summed E-state index contributed by atoms with van der Waals surface area (Å²) in [5.41, 5.74) is 10.4. The molecule has 4 N–H and O–H groups in total. The average Bonchev–Trinajstić information content (AvgIpc) is 3.34. The highest BCUT2D eigenvalue weighted by molar-refractivity contribution is 7.92. The summed E-state index contributed by atoms with van der Waals surface area (Å²) < 4.78 is 64.6. The Morgan fingerprint density at radius 3 is 2.60 bits per heavy atom. The van der Waals surface area contributed by atoms with E-state index in [1.807, 2.05) is 11.6 Å². The van der Waals surface area contributed by atoms with Crippen molar-refractivity contribution in [2.24, 2.45) is 0 Å². The summed E-state index contributed by atoms with van der Waals surface area (Å²) in [6, 6.07) is 8.58. The summed E-state index contributed by atoms with van der Waals surface area (Å²) >= 11 is 0. The molecule has 3 heterocycles. The summed E-state index contributed by atoms with van der Waals surface area (Å²) in [4.78, 5) is 3.92. The maximum Gasteiger partial charge on any atom is 0.264 e. The summed E-state index contributed by atoms with van der Waals surface area (Å²) in [7, 11) is -4.37. The summed E-state index contributed by atoms with van der Waals surface area (Å²) in [6.45, 7) is 5.67. The van der Waals surface area contributed by atoms with Crippen LogP contribution >= 0.6 is 0 Å². The van der Waals surface area contributed by atoms with Crippen molar-refractivity contribution >= 4 is 38.0 Å². The Hall–Kier alpha value is -3.87. The van der Waals surface area contributed by atoms with Gasteiger partial charge in [-0.1, -0.05) is 18.2 Å². The predicted octanol–water partition coefficient (Wildman–Crippen LogP) is 5.01. The number of hydrogen-bond acceptors (Lipinski definition) is 7. The maximum absolute atomic E-state index is 15.4. The van der Waals surface area contributed by atoms with Crippen LogP contribution in [0, 0.1) is 18.6 Å². The van der Waals surface area contributed by atoms with Crippen molar-refractivity contribution in [2.75, 3.05) is 23.7 Å². The summed E-state index contributed by atoms with van der Waals surface area (Å²) in [5.74, 6) is -1.49. The van der Waals surface area contributed by atoms with E-state index < -0.39 is 26.6 Å². The molecule has 0 bridgehead atoms. The molecule has 9 nitrogen and oxygen atoms in total. The van der Waals surface area contributed by atoms with Crippen LogP contribution in [0.5, 0.6) is 0 Å². The second-order valence-electron chi connectivity index (χ2n) is 10.8. The molecule has 42 heavy (non-hydrogen) atoms. The molecule has 1 fully saturated rings. The molecule has 1 aliphatic heterocycles. The molecule has 2 aromatic heterocycles. The van der Waals surface area contributed by atoms with E-state index in [2.05, 4.69) is 21.1 Å². The lowest BCUT2D eigenvalue weighted by molar-refractivity contribution is -0.0103. The van der Waals surface area contributed by atoms with Crippen molar-refractivity contribution in [3.63, 3.8) is 0 Å². The van der Waals surface area contributed by atoms with E-state index in [0.717, 1.165) is 55.2 Å². The van der Waals surface area contributed by atoms with E-state index in [0.29, 0.717) is 40.8 Å². The molecular weight excluding hydrogens is 562 g/mol. The molecule has 1 atom stereocenters. The van der Waals surface area contributed by atoms with Gasteiger partial charge in [-0.3, -0.25) is 9.40 Å². The molecule has 4 aromatic rings. The van der Waals surface area contributed by atoms with Crippen molar-refractivity contribution in [3.05, 3.63) is 71.4 Å². The number of pyridine rings is 1. The standard InChI is InChI=1S/C30H32F2N6O3S/c1-3-38-29-22(18-5-8-20(9-6-18)35-21-15-41-16-21)14-34-30(33)27(29)28(36-38)19-7-11-25(24(32)13-19)37-42(39,40)26-12-17(2)4-10-23(26)31/h4-5,7,10-14,20-21,35,37H,3,6,8-9,15-16H2,1-2H3,(H2,33,34)/t20-/m1/s1. The van der Waals surface area contributed by atoms with Gasteiger partial charge in [-0.2, -0.15) is 5.10 Å². The van der Waals surface area contributed by atoms with Gasteiger partial charge >= 0.3 is 0 Å². The van der Waals surface area contributed by atoms with Crippen LogP contribution in [0.25, 0.3) is 27.7 Å². The lowest BCUT2D eigenvalue weighted by atomic mass is 9.89. The van der Waals surface area contributed by atoms with Crippen molar-refractivity contribution in [1.82, 2.24) is 20.1 Å². The van der Waals surface area contributed by atoms with Crippen LogP contribution in [-0.2, 0) is 21.3 Å². The Bertz CT molecular complexity index is 1820. The van der Waals surface area contributed by atoms with Crippen LogP contribution in [-0.4, -0.2) is 48.5 Å². The van der Waals surface area contributed by atoms with Crippen molar-refractivity contribution in [3.8, 4) is 11.3 Å². The molecule has 6 rings (SSSR count). The van der Waals surface area contributed by atoms with Gasteiger partial charge in [0.15, 0.2) is 0 Å². The SMILES string of the molecule is CCn1nc(-c2ccc(NS(=O)(=O)c3cc(C)ccc3F)c(F)c2)c2c(N)ncc(C3=CC[C@@H](NC4COC4)CC3)c21. The van der Waals surface area contributed by atoms with Crippen molar-refractivity contribution in [1.29, 1.82) is 0 Å². The zero-order valence-electron chi connectivity index (χ0n) is 23.3. The number of nitrogens with two attached hydrogens (primary N) is 1. The quantitative estimate of drug-likeness (QED) is 0.262. The largest absolute Gasteiger partial charge is 0.383 e. The normalized spacial score (nSPS) is 17.7. The fourth-order valence-corrected chi connectivity index (χ4v) is 6.79. The molecule has 1 aliphatic carbocycles. The third-order valence-electron chi connectivity index (χ3n) is 7.83. The predicted molar refractivity (Wildman–Crippen MR) is 158 cm³/mol. The van der Waals surface area contributed by atoms with Crippen LogP contribution in [0.15, 0.2) is 53.6 Å². The van der Waals surface area contributed by atoms with Gasteiger partial charge in [0.05, 0.1) is 35.8 Å². The number of sulfonamides is 1. The highest BCUT2D eigenvalue weighted by Gasteiger charge is 2.27. The fraction of sp³-hybridized carbons (Fsp3) is 0.333. The Morgan fingerprint density at radius 2 is 1.93 bits per heavy atom. The highest BCUT2D eigenvalue weighted by atomic mass is 32.2. The number of nitrogen functional groups attached to an aromatic ring is 1. The third kappa shape index (κ3) is 5.25. The monoisotopic (exact) mass is 594 g/mol. The number of nitrogens with zero attached hydrogens (tertiary/aromatic N) is 3. The summed E-state index contributed by atoms with van der Waals surface area (Å²) in [6.07, 6.45) is 6.74. The summed E-state index contributed by atoms with van der Waals surface area (Å²) in [5, 5.41) is 9.02. The molecule has 0 saturated carbocycles. The lowest BCUT2D eigenvalue weighted by Crippen LogP contribution is -2.50. The lowest BCUT2D eigenvalue weighted by Gasteiger charge is -2.33. The van der Waals surface area contributed by atoms with E-state index in [9.17, 15) is 12.8 Å². The molecule has 2 aromatic carbocycles. The number of benzene rings is 2. The van der Waals surface area contributed by atoms with E-state index >= 15 is 4.39 Å². The van der Waals surface area contributed by atoms with Crippen LogP contribution in [0.1, 0.15) is 37.3 Å². The van der Waals surface area contributed by atoms with Gasteiger partial charge < -0.3 is 15.8 Å². The number of rotatable bonds is 8.